The van der Waals surface area contributed by atoms with Gasteiger partial charge >= 0.3 is 51.4 Å². The Morgan fingerprint density at radius 2 is 1.14 bits per heavy atom. The van der Waals surface area contributed by atoms with Crippen LogP contribution < -0.4 is 61.2 Å². The van der Waals surface area contributed by atoms with E-state index in [0.29, 0.717) is 17.1 Å². The zero-order valence-corrected chi connectivity index (χ0v) is 41.6. The Balaban J connectivity index is 0.000000282. The van der Waals surface area contributed by atoms with Gasteiger partial charge in [0.15, 0.2) is 56.1 Å². The molecule has 15 nitrogen and oxygen atoms in total. The molecular weight excluding hydrogens is 988 g/mol. The van der Waals surface area contributed by atoms with Crippen molar-refractivity contribution in [3.63, 3.8) is 0 Å². The molecule has 1 amide bonds. The minimum absolute atomic E-state index is 0. The third kappa shape index (κ3) is 15.3. The van der Waals surface area contributed by atoms with E-state index in [1.807, 2.05) is 0 Å². The number of H-pyrrole nitrogens is 2. The van der Waals surface area contributed by atoms with Crippen molar-refractivity contribution in [2.75, 3.05) is 12.5 Å². The normalized spacial score (nSPS) is 15.2. The van der Waals surface area contributed by atoms with E-state index in [9.17, 15) is 61.5 Å². The number of carbonyl (C=O) groups is 2. The number of fused-ring (bicyclic) bond motifs is 2. The van der Waals surface area contributed by atoms with Crippen molar-refractivity contribution in [2.24, 2.45) is 5.14 Å². The predicted octanol–water partition coefficient (Wildman–Crippen LogP) is 2.27. The fourth-order valence-corrected chi connectivity index (χ4v) is 7.73. The standard InChI is InChI=1S/C17H12F4N4OS.C15H13F4N3O3S2.C4H10O.CH5NO2S.K/c18-9-4-10(19)16(21)14(15(9)20)8-3-12-11(23-17(27)25(12)6-8)5-13(26)24-2-1-22-7-24;1-27(24,25)21-11(23)4-9-10-2-6(5-22(10)15(26)20-9)12-13(18)7(16)3-8(17)14(12)19;1-4(2,3)5;1-5(2,3)4;/h1-2,4,7-8H,3,5-6H2,(H,23,27);3,6H,2,4-5H2,1H3,(H,20,26)(H,21,23);5H,1-3H3;1H3,(H2,2,3,4);/q;;;;+1/t8-;6-;;;/m00.../s1. The van der Waals surface area contributed by atoms with Gasteiger partial charge in [-0.1, -0.05) is 0 Å². The molecular formula is C37H40F8KN8O7S4+. The number of amides is 1. The number of hydrogen-bond acceptors (Lipinski definition) is 10. The molecule has 2 aromatic carbocycles. The smallest absolute Gasteiger partial charge is 0.391 e. The molecule has 28 heteroatoms. The summed E-state index contributed by atoms with van der Waals surface area (Å²) in [6, 6.07) is 0.321. The van der Waals surface area contributed by atoms with Crippen molar-refractivity contribution < 1.29 is 118 Å². The molecule has 0 saturated heterocycles. The molecule has 0 unspecified atom stereocenters. The van der Waals surface area contributed by atoms with Crippen molar-refractivity contribution in [3.8, 4) is 0 Å². The van der Waals surface area contributed by atoms with Gasteiger partial charge in [-0.25, -0.2) is 62.1 Å². The summed E-state index contributed by atoms with van der Waals surface area (Å²) in [5.74, 6) is -14.5. The maximum absolute atomic E-state index is 14.1. The molecule has 0 saturated carbocycles. The van der Waals surface area contributed by atoms with E-state index in [4.69, 9.17) is 29.5 Å². The first-order valence-corrected chi connectivity index (χ1v) is 23.0. The molecule has 5 aromatic rings. The maximum Gasteiger partial charge on any atom is 1.00 e. The van der Waals surface area contributed by atoms with Gasteiger partial charge in [0, 0.05) is 83.4 Å². The molecule has 2 aliphatic rings. The third-order valence-corrected chi connectivity index (χ3v) is 10.1. The zero-order chi connectivity index (χ0) is 48.4. The van der Waals surface area contributed by atoms with Crippen LogP contribution in [0.4, 0.5) is 35.1 Å². The van der Waals surface area contributed by atoms with Crippen molar-refractivity contribution in [1.29, 1.82) is 0 Å². The summed E-state index contributed by atoms with van der Waals surface area (Å²) in [4.78, 5) is 33.6. The van der Waals surface area contributed by atoms with Crippen LogP contribution in [0, 0.1) is 56.1 Å². The van der Waals surface area contributed by atoms with E-state index in [0.717, 1.165) is 12.5 Å². The molecule has 0 radical (unpaired) electrons. The first kappa shape index (κ1) is 55.9. The van der Waals surface area contributed by atoms with Crippen LogP contribution in [0.2, 0.25) is 0 Å². The molecule has 0 spiro atoms. The number of imidazole rings is 3. The van der Waals surface area contributed by atoms with Gasteiger partial charge in [0.05, 0.1) is 31.0 Å². The number of nitrogens with zero attached hydrogens (tertiary/aromatic N) is 4. The van der Waals surface area contributed by atoms with Gasteiger partial charge in [-0.15, -0.1) is 0 Å². The van der Waals surface area contributed by atoms with Crippen molar-refractivity contribution in [1.82, 2.24) is 33.4 Å². The quantitative estimate of drug-likeness (QED) is 0.0694. The number of primary sulfonamides is 1. The van der Waals surface area contributed by atoms with E-state index in [1.54, 1.807) is 30.1 Å². The Kier molecular flexibility index (Phi) is 19.0. The molecule has 7 rings (SSSR count). The minimum Gasteiger partial charge on any atom is -0.391 e. The van der Waals surface area contributed by atoms with Gasteiger partial charge in [0.25, 0.3) is 0 Å². The Hall–Kier alpha value is -3.45. The van der Waals surface area contributed by atoms with E-state index >= 15 is 0 Å². The number of aliphatic hydroxyl groups is 1. The van der Waals surface area contributed by atoms with Gasteiger partial charge in [-0.3, -0.25) is 18.9 Å². The summed E-state index contributed by atoms with van der Waals surface area (Å²) in [6.07, 6.45) is 5.73. The van der Waals surface area contributed by atoms with Gasteiger partial charge in [0.1, 0.15) is 6.33 Å². The monoisotopic (exact) mass is 1030 g/mol. The number of carbonyl (C=O) groups excluding carboxylic acids is 2. The first-order valence-electron chi connectivity index (χ1n) is 18.3. The molecule has 0 aliphatic carbocycles. The second kappa shape index (κ2) is 22.1. The van der Waals surface area contributed by atoms with Crippen LogP contribution in [0.3, 0.4) is 0 Å². The second-order valence-electron chi connectivity index (χ2n) is 15.5. The molecule has 0 bridgehead atoms. The fraction of sp³-hybridized carbons (Fsp3) is 0.378. The summed E-state index contributed by atoms with van der Waals surface area (Å²) in [5.41, 5.74) is -0.103. The molecule has 6 N–H and O–H groups in total. The molecule has 2 atom stereocenters. The predicted molar refractivity (Wildman–Crippen MR) is 219 cm³/mol. The average molecular weight is 1030 g/mol. The molecule has 65 heavy (non-hydrogen) atoms. The van der Waals surface area contributed by atoms with Crippen LogP contribution in [-0.4, -0.2) is 80.5 Å². The number of sulfonamides is 2. The second-order valence-corrected chi connectivity index (χ2v) is 19.7. The Morgan fingerprint density at radius 3 is 1.46 bits per heavy atom. The number of aromatic amines is 2. The molecule has 350 valence electrons. The summed E-state index contributed by atoms with van der Waals surface area (Å²) in [7, 11) is -6.92. The Bertz CT molecular complexity index is 2870. The van der Waals surface area contributed by atoms with Gasteiger partial charge in [-0.2, -0.15) is 0 Å². The minimum atomic E-state index is -3.75. The maximum atomic E-state index is 14.1. The largest absolute Gasteiger partial charge is 1.00 e. The van der Waals surface area contributed by atoms with Crippen LogP contribution in [0.25, 0.3) is 0 Å². The van der Waals surface area contributed by atoms with Gasteiger partial charge in [-0.05, 0) is 58.0 Å². The number of rotatable bonds is 7. The number of aromatic nitrogens is 6. The SMILES string of the molecule is CC(C)(C)O.CS(=O)(=O)NC(=O)Cc1[nH]c(=S)n2c1C[C@H](c1c(F)c(F)cc(F)c1F)C2.CS(N)(=O)=O.O=C(Cc1[nH]c(=S)n2c1C[C@H](c1c(F)c(F)cc(F)c1F)C2)n1ccnc1.[K+]. The van der Waals surface area contributed by atoms with E-state index in [-0.39, 0.29) is 123 Å². The number of hydrogen-bond donors (Lipinski definition) is 5. The number of benzene rings is 2. The first-order chi connectivity index (χ1) is 29.3. The molecule has 2 aliphatic heterocycles. The average Bonchev–Trinajstić information content (AvgIpc) is 3.97. The van der Waals surface area contributed by atoms with Crippen LogP contribution in [0.15, 0.2) is 30.9 Å². The van der Waals surface area contributed by atoms with Crippen LogP contribution >= 0.6 is 24.4 Å². The van der Waals surface area contributed by atoms with E-state index < -0.39 is 101 Å². The van der Waals surface area contributed by atoms with Crippen LogP contribution in [-0.2, 0) is 63.6 Å². The fourth-order valence-electron chi connectivity index (χ4n) is 6.63. The Morgan fingerprint density at radius 1 is 0.785 bits per heavy atom. The molecule has 3 aromatic heterocycles. The summed E-state index contributed by atoms with van der Waals surface area (Å²) >= 11 is 10.3. The Labute approximate surface area is 419 Å². The van der Waals surface area contributed by atoms with Crippen molar-refractivity contribution >= 4 is 56.3 Å². The summed E-state index contributed by atoms with van der Waals surface area (Å²) < 4.78 is 158. The number of halogens is 8. The molecule has 0 fully saturated rings. The van der Waals surface area contributed by atoms with Crippen molar-refractivity contribution in [3.05, 3.63) is 121 Å². The van der Waals surface area contributed by atoms with Crippen LogP contribution in [0.5, 0.6) is 0 Å². The number of nitrogens with two attached hydrogens (primary N) is 1. The van der Waals surface area contributed by atoms with Crippen molar-refractivity contribution in [2.45, 2.75) is 77.0 Å². The summed E-state index contributed by atoms with van der Waals surface area (Å²) in [5, 5.41) is 12.8. The zero-order valence-electron chi connectivity index (χ0n) is 35.2. The van der Waals surface area contributed by atoms with E-state index in [1.165, 1.54) is 27.9 Å². The summed E-state index contributed by atoms with van der Waals surface area (Å²) in [6.45, 7) is 5.24. The van der Waals surface area contributed by atoms with E-state index in [2.05, 4.69) is 20.1 Å². The van der Waals surface area contributed by atoms with Crippen LogP contribution in [0.1, 0.15) is 71.3 Å². The topological polar surface area (TPSA) is 220 Å². The third-order valence-electron chi connectivity index (χ3n) is 8.90. The molecule has 5 heterocycles. The van der Waals surface area contributed by atoms with Gasteiger partial charge in [0.2, 0.25) is 31.9 Å². The number of nitrogens with one attached hydrogen (secondary N) is 3. The van der Waals surface area contributed by atoms with Gasteiger partial charge < -0.3 is 24.2 Å².